The van der Waals surface area contributed by atoms with Crippen LogP contribution in [0.4, 0.5) is 0 Å². The fraction of sp³-hybridized carbons (Fsp3) is 0.348. The summed E-state index contributed by atoms with van der Waals surface area (Å²) in [5.41, 5.74) is 1.03. The molecule has 30 heavy (non-hydrogen) atoms. The quantitative estimate of drug-likeness (QED) is 0.528. The topological polar surface area (TPSA) is 94.7 Å². The highest BCUT2D eigenvalue weighted by molar-refractivity contribution is 5.78. The number of hydrogen-bond donors (Lipinski definition) is 1. The lowest BCUT2D eigenvalue weighted by Gasteiger charge is -2.28. The second-order valence-corrected chi connectivity index (χ2v) is 6.93. The van der Waals surface area contributed by atoms with Gasteiger partial charge in [0.2, 0.25) is 5.89 Å². The van der Waals surface area contributed by atoms with Crippen LogP contribution in [0.25, 0.3) is 11.6 Å². The summed E-state index contributed by atoms with van der Waals surface area (Å²) in [5.74, 6) is 0.854. The Bertz CT molecular complexity index is 969. The van der Waals surface area contributed by atoms with Crippen molar-refractivity contribution in [3.8, 4) is 17.3 Å². The highest BCUT2D eigenvalue weighted by atomic mass is 16.5. The molecule has 1 atom stereocenters. The molecule has 158 valence electrons. The molecule has 0 bridgehead atoms. The monoisotopic (exact) mass is 410 g/mol. The van der Waals surface area contributed by atoms with Crippen molar-refractivity contribution >= 4 is 5.97 Å². The summed E-state index contributed by atoms with van der Waals surface area (Å²) < 4.78 is 17.1. The minimum Gasteiger partial charge on any atom is -0.487 e. The molecule has 7 nitrogen and oxygen atoms in total. The van der Waals surface area contributed by atoms with E-state index in [1.807, 2.05) is 56.3 Å². The molecule has 1 N–H and O–H groups in total. The number of carbonyl (C=O) groups is 1. The second-order valence-electron chi connectivity index (χ2n) is 6.93. The van der Waals surface area contributed by atoms with Crippen molar-refractivity contribution in [3.63, 3.8) is 0 Å². The van der Waals surface area contributed by atoms with Crippen LogP contribution in [0.5, 0.6) is 5.75 Å². The van der Waals surface area contributed by atoms with Crippen molar-refractivity contribution in [3.05, 3.63) is 65.7 Å². The normalized spacial score (nSPS) is 13.0. The van der Waals surface area contributed by atoms with Crippen molar-refractivity contribution in [2.45, 2.75) is 45.8 Å². The molecule has 0 saturated heterocycles. The van der Waals surface area contributed by atoms with E-state index in [0.717, 1.165) is 5.56 Å². The molecule has 0 spiro atoms. The molecule has 0 aliphatic heterocycles. The number of aryl methyl sites for hydroxylation is 1. The van der Waals surface area contributed by atoms with Crippen molar-refractivity contribution in [2.24, 2.45) is 0 Å². The molecule has 0 radical (unpaired) electrons. The summed E-state index contributed by atoms with van der Waals surface area (Å²) in [7, 11) is 0. The van der Waals surface area contributed by atoms with Gasteiger partial charge in [0.15, 0.2) is 5.60 Å². The lowest BCUT2D eigenvalue weighted by Crippen LogP contribution is -2.43. The first-order valence-corrected chi connectivity index (χ1v) is 9.94. The van der Waals surface area contributed by atoms with Gasteiger partial charge in [-0.15, -0.1) is 0 Å². The largest absolute Gasteiger partial charge is 0.487 e. The van der Waals surface area contributed by atoms with Gasteiger partial charge in [0.05, 0.1) is 0 Å². The van der Waals surface area contributed by atoms with Crippen molar-refractivity contribution in [2.75, 3.05) is 6.61 Å². The van der Waals surface area contributed by atoms with Gasteiger partial charge in [-0.3, -0.25) is 4.98 Å². The minimum atomic E-state index is -1.21. The number of carboxylic acids is 1. The summed E-state index contributed by atoms with van der Waals surface area (Å²) >= 11 is 0. The average Bonchev–Trinajstić information content (AvgIpc) is 3.14. The van der Waals surface area contributed by atoms with E-state index in [4.69, 9.17) is 13.9 Å². The van der Waals surface area contributed by atoms with Gasteiger partial charge in [0.25, 0.3) is 0 Å². The molecule has 0 saturated carbocycles. The van der Waals surface area contributed by atoms with Gasteiger partial charge in [0.1, 0.15) is 29.5 Å². The van der Waals surface area contributed by atoms with E-state index in [1.165, 1.54) is 0 Å². The van der Waals surface area contributed by atoms with E-state index in [9.17, 15) is 9.90 Å². The first kappa shape index (κ1) is 21.5. The van der Waals surface area contributed by atoms with Crippen molar-refractivity contribution < 1.29 is 23.8 Å². The molecule has 0 aliphatic carbocycles. The Kier molecular flexibility index (Phi) is 6.84. The molecule has 2 heterocycles. The molecule has 0 amide bonds. The molecule has 0 unspecified atom stereocenters. The fourth-order valence-electron chi connectivity index (χ4n) is 3.19. The zero-order valence-corrected chi connectivity index (χ0v) is 17.4. The molecule has 0 aliphatic rings. The maximum atomic E-state index is 11.7. The Hall–Kier alpha value is -3.19. The number of oxazole rings is 1. The number of nitrogens with zero attached hydrogens (tertiary/aromatic N) is 2. The average molecular weight is 410 g/mol. The van der Waals surface area contributed by atoms with Crippen LogP contribution >= 0.6 is 0 Å². The van der Waals surface area contributed by atoms with Crippen LogP contribution in [0.3, 0.4) is 0 Å². The van der Waals surface area contributed by atoms with Gasteiger partial charge in [0, 0.05) is 19.2 Å². The summed E-state index contributed by atoms with van der Waals surface area (Å²) in [6.07, 6.45) is 2.37. The van der Waals surface area contributed by atoms with Gasteiger partial charge < -0.3 is 19.0 Å². The lowest BCUT2D eigenvalue weighted by atomic mass is 9.91. The predicted molar refractivity (Wildman–Crippen MR) is 111 cm³/mol. The molecular formula is C23H26N2O5. The van der Waals surface area contributed by atoms with E-state index >= 15 is 0 Å². The third-order valence-corrected chi connectivity index (χ3v) is 4.95. The number of pyridine rings is 1. The van der Waals surface area contributed by atoms with Crippen LogP contribution in [-0.2, 0) is 22.6 Å². The summed E-state index contributed by atoms with van der Waals surface area (Å²) in [4.78, 5) is 20.5. The van der Waals surface area contributed by atoms with Gasteiger partial charge in [-0.25, -0.2) is 9.78 Å². The first-order valence-electron chi connectivity index (χ1n) is 9.94. The highest BCUT2D eigenvalue weighted by Crippen LogP contribution is 2.25. The molecule has 2 aromatic heterocycles. The smallest absolute Gasteiger partial charge is 0.336 e. The molecule has 3 aromatic rings. The van der Waals surface area contributed by atoms with Gasteiger partial charge in [-0.2, -0.15) is 0 Å². The molecule has 7 heteroatoms. The Morgan fingerprint density at radius 2 is 1.93 bits per heavy atom. The molecule has 1 aromatic carbocycles. The predicted octanol–water partition coefficient (Wildman–Crippen LogP) is 4.44. The Balaban J connectivity index is 1.65. The number of carboxylic acid groups (broad SMARTS) is 1. The first-order chi connectivity index (χ1) is 14.5. The fourth-order valence-corrected chi connectivity index (χ4v) is 3.19. The third kappa shape index (κ3) is 4.86. The summed E-state index contributed by atoms with van der Waals surface area (Å²) in [6, 6.07) is 12.9. The number of hydrogen-bond acceptors (Lipinski definition) is 6. The van der Waals surface area contributed by atoms with E-state index in [1.54, 1.807) is 13.1 Å². The van der Waals surface area contributed by atoms with E-state index in [2.05, 4.69) is 9.97 Å². The second kappa shape index (κ2) is 9.54. The van der Waals surface area contributed by atoms with Crippen LogP contribution in [-0.4, -0.2) is 33.3 Å². The Morgan fingerprint density at radius 1 is 1.17 bits per heavy atom. The standard InChI is InChI=1S/C23H26N2O5/c1-4-23(22(26)27,29-5-2)14-17-9-11-18(12-10-17)28-15-20-16(3)30-21(25-20)19-8-6-7-13-24-19/h6-13H,4-5,14-15H2,1-3H3,(H,26,27)/t23-/m0/s1. The Morgan fingerprint density at radius 3 is 2.53 bits per heavy atom. The number of ether oxygens (including phenoxy) is 2. The summed E-state index contributed by atoms with van der Waals surface area (Å²) in [5, 5.41) is 9.62. The third-order valence-electron chi connectivity index (χ3n) is 4.95. The SMILES string of the molecule is CCO[C@@](CC)(Cc1ccc(OCc2nc(-c3ccccn3)oc2C)cc1)C(=O)O. The van der Waals surface area contributed by atoms with Gasteiger partial charge >= 0.3 is 5.97 Å². The number of rotatable bonds is 10. The van der Waals surface area contributed by atoms with Crippen molar-refractivity contribution in [1.29, 1.82) is 0 Å². The summed E-state index contributed by atoms with van der Waals surface area (Å²) in [6.45, 7) is 6.06. The zero-order chi connectivity index (χ0) is 21.6. The van der Waals surface area contributed by atoms with Crippen LogP contribution in [0.2, 0.25) is 0 Å². The highest BCUT2D eigenvalue weighted by Gasteiger charge is 2.37. The molecule has 0 fully saturated rings. The van der Waals surface area contributed by atoms with Crippen LogP contribution < -0.4 is 4.74 Å². The van der Waals surface area contributed by atoms with E-state index < -0.39 is 11.6 Å². The van der Waals surface area contributed by atoms with E-state index in [-0.39, 0.29) is 6.61 Å². The Labute approximate surface area is 175 Å². The van der Waals surface area contributed by atoms with Gasteiger partial charge in [-0.1, -0.05) is 25.1 Å². The minimum absolute atomic E-state index is 0.258. The lowest BCUT2D eigenvalue weighted by molar-refractivity contribution is -0.166. The van der Waals surface area contributed by atoms with Crippen LogP contribution in [0.1, 0.15) is 37.3 Å². The maximum Gasteiger partial charge on any atom is 0.336 e. The number of aromatic nitrogens is 2. The van der Waals surface area contributed by atoms with Crippen LogP contribution in [0, 0.1) is 6.92 Å². The van der Waals surface area contributed by atoms with Crippen molar-refractivity contribution in [1.82, 2.24) is 9.97 Å². The molecular weight excluding hydrogens is 384 g/mol. The van der Waals surface area contributed by atoms with Crippen LogP contribution in [0.15, 0.2) is 53.1 Å². The molecule has 3 rings (SSSR count). The number of benzene rings is 1. The zero-order valence-electron chi connectivity index (χ0n) is 17.4. The van der Waals surface area contributed by atoms with E-state index in [0.29, 0.717) is 48.2 Å². The maximum absolute atomic E-state index is 11.7. The van der Waals surface area contributed by atoms with Gasteiger partial charge in [-0.05, 0) is 50.1 Å². The number of aliphatic carboxylic acids is 1.